The van der Waals surface area contributed by atoms with E-state index in [1.165, 1.54) is 18.1 Å². The summed E-state index contributed by atoms with van der Waals surface area (Å²) in [5, 5.41) is 0.223. The smallest absolute Gasteiger partial charge is 0.250 e. The summed E-state index contributed by atoms with van der Waals surface area (Å²) in [5.41, 5.74) is 0. The van der Waals surface area contributed by atoms with Gasteiger partial charge in [0.05, 0.1) is 24.6 Å². The molecular weight excluding hydrogens is 344 g/mol. The fraction of sp³-hybridized carbons (Fsp3) is 0.900. The molecule has 0 N–H and O–H groups in total. The lowest BCUT2D eigenvalue weighted by Gasteiger charge is -2.41. The highest BCUT2D eigenvalue weighted by Crippen LogP contribution is 2.38. The molecule has 0 fully saturated rings. The van der Waals surface area contributed by atoms with E-state index in [0.717, 1.165) is 5.76 Å². The minimum atomic E-state index is -1.76. The third kappa shape index (κ3) is 5.68. The van der Waals surface area contributed by atoms with Crippen LogP contribution >= 0.6 is 0 Å². The predicted octanol–water partition coefficient (Wildman–Crippen LogP) is 6.34. The summed E-state index contributed by atoms with van der Waals surface area (Å²) in [6.45, 7) is 23.3. The Hall–Kier alpha value is -0.106. The molecule has 0 aromatic heterocycles. The Morgan fingerprint density at radius 2 is 1.56 bits per heavy atom. The van der Waals surface area contributed by atoms with E-state index in [1.54, 1.807) is 0 Å². The van der Waals surface area contributed by atoms with Gasteiger partial charge in [-0.2, -0.15) is 0 Å². The Bertz CT molecular complexity index is 442. The lowest BCUT2D eigenvalue weighted by molar-refractivity contribution is -0.0506. The first-order valence-corrected chi connectivity index (χ1v) is 15.5. The van der Waals surface area contributed by atoms with Crippen LogP contribution in [0.25, 0.3) is 0 Å². The summed E-state index contributed by atoms with van der Waals surface area (Å²) >= 11 is 0. The molecule has 1 rings (SSSR count). The Kier molecular flexibility index (Phi) is 8.00. The van der Waals surface area contributed by atoms with Gasteiger partial charge in [0.15, 0.2) is 8.32 Å². The molecule has 3 atom stereocenters. The third-order valence-corrected chi connectivity index (χ3v) is 15.5. The highest BCUT2D eigenvalue weighted by molar-refractivity contribution is 6.74. The van der Waals surface area contributed by atoms with E-state index < -0.39 is 16.6 Å². The van der Waals surface area contributed by atoms with Crippen molar-refractivity contribution in [3.8, 4) is 0 Å². The van der Waals surface area contributed by atoms with Crippen molar-refractivity contribution in [2.75, 3.05) is 6.61 Å². The minimum Gasteiger partial charge on any atom is -0.546 e. The van der Waals surface area contributed by atoms with Crippen LogP contribution in [0.3, 0.4) is 0 Å². The van der Waals surface area contributed by atoms with Crippen molar-refractivity contribution in [1.29, 1.82) is 0 Å². The lowest BCUT2D eigenvalue weighted by atomic mass is 9.99. The van der Waals surface area contributed by atoms with Gasteiger partial charge in [0.1, 0.15) is 0 Å². The van der Waals surface area contributed by atoms with E-state index in [9.17, 15) is 0 Å². The summed E-state index contributed by atoms with van der Waals surface area (Å²) < 4.78 is 19.4. The van der Waals surface area contributed by atoms with Crippen LogP contribution in [-0.4, -0.2) is 35.4 Å². The molecule has 148 valence electrons. The molecule has 1 aliphatic rings. The molecule has 0 aromatic rings. The Balaban J connectivity index is 2.86. The van der Waals surface area contributed by atoms with Gasteiger partial charge in [0, 0.05) is 5.92 Å². The molecule has 3 nitrogen and oxygen atoms in total. The molecule has 0 aromatic carbocycles. The summed E-state index contributed by atoms with van der Waals surface area (Å²) in [6, 6.07) is 3.51. The molecule has 0 spiro atoms. The Morgan fingerprint density at radius 1 is 1.04 bits per heavy atom. The van der Waals surface area contributed by atoms with Crippen molar-refractivity contribution in [1.82, 2.24) is 0 Å². The molecule has 0 saturated heterocycles. The maximum atomic E-state index is 6.71. The zero-order valence-corrected chi connectivity index (χ0v) is 20.4. The number of ether oxygens (including phenoxy) is 1. The highest BCUT2D eigenvalue weighted by Gasteiger charge is 2.40. The first-order valence-electron chi connectivity index (χ1n) is 10.1. The maximum Gasteiger partial charge on any atom is 0.250 e. The van der Waals surface area contributed by atoms with Crippen molar-refractivity contribution in [2.24, 2.45) is 5.92 Å². The average molecular weight is 387 g/mol. The van der Waals surface area contributed by atoms with Crippen LogP contribution in [0.5, 0.6) is 0 Å². The number of rotatable bonds is 8. The van der Waals surface area contributed by atoms with Crippen LogP contribution in [-0.2, 0) is 13.6 Å². The largest absolute Gasteiger partial charge is 0.546 e. The van der Waals surface area contributed by atoms with Gasteiger partial charge in [-0.1, -0.05) is 48.5 Å². The Labute approximate surface area is 158 Å². The zero-order valence-electron chi connectivity index (χ0n) is 18.4. The summed E-state index contributed by atoms with van der Waals surface area (Å²) in [5.74, 6) is 1.41. The SMILES string of the molecule is CC[Si](CC)(CC)OC1=C[C@@H](C)O[C@@H](CO[Si](C)(C)C(C)(C)C)[C@H]1C. The molecule has 5 heteroatoms. The van der Waals surface area contributed by atoms with Crippen LogP contribution < -0.4 is 0 Å². The third-order valence-electron chi connectivity index (χ3n) is 6.48. The van der Waals surface area contributed by atoms with E-state index in [2.05, 4.69) is 74.6 Å². The second-order valence-corrected chi connectivity index (χ2v) is 18.7. The van der Waals surface area contributed by atoms with Crippen LogP contribution in [0.1, 0.15) is 55.4 Å². The van der Waals surface area contributed by atoms with Crippen LogP contribution in [0.4, 0.5) is 0 Å². The summed E-state index contributed by atoms with van der Waals surface area (Å²) in [7, 11) is -3.41. The van der Waals surface area contributed by atoms with Gasteiger partial charge < -0.3 is 13.6 Å². The second-order valence-electron chi connectivity index (χ2n) is 9.15. The van der Waals surface area contributed by atoms with Crippen molar-refractivity contribution in [3.63, 3.8) is 0 Å². The zero-order chi connectivity index (χ0) is 19.5. The highest BCUT2D eigenvalue weighted by atomic mass is 28.4. The standard InChI is InChI=1S/C20H42O3Si2/c1-11-25(12-2,13-3)23-18-14-16(4)22-19(17(18)5)15-21-24(9,10)20(6,7)8/h14,16-17,19H,11-13,15H2,1-10H3/t16-,17+,19+/m1/s1. The molecule has 0 bridgehead atoms. The summed E-state index contributed by atoms with van der Waals surface area (Å²) in [6.07, 6.45) is 2.37. The van der Waals surface area contributed by atoms with Crippen LogP contribution in [0.2, 0.25) is 36.3 Å². The van der Waals surface area contributed by atoms with E-state index in [-0.39, 0.29) is 23.2 Å². The first-order chi connectivity index (χ1) is 11.4. The van der Waals surface area contributed by atoms with E-state index in [4.69, 9.17) is 13.6 Å². The van der Waals surface area contributed by atoms with Gasteiger partial charge in [-0.05, 0) is 49.3 Å². The van der Waals surface area contributed by atoms with Gasteiger partial charge in [-0.25, -0.2) is 0 Å². The molecule has 1 aliphatic heterocycles. The molecule has 0 unspecified atom stereocenters. The minimum absolute atomic E-state index is 0.0846. The second kappa shape index (κ2) is 8.72. The first kappa shape index (κ1) is 22.9. The topological polar surface area (TPSA) is 27.7 Å². The maximum absolute atomic E-state index is 6.71. The Morgan fingerprint density at radius 3 is 2.00 bits per heavy atom. The van der Waals surface area contributed by atoms with Crippen molar-refractivity contribution in [3.05, 3.63) is 11.8 Å². The van der Waals surface area contributed by atoms with Crippen molar-refractivity contribution >= 4 is 16.6 Å². The molecule has 1 heterocycles. The van der Waals surface area contributed by atoms with Gasteiger partial charge in [-0.3, -0.25) is 0 Å². The fourth-order valence-corrected chi connectivity index (χ4v) is 6.73. The van der Waals surface area contributed by atoms with Crippen molar-refractivity contribution < 1.29 is 13.6 Å². The number of hydrogen-bond acceptors (Lipinski definition) is 3. The van der Waals surface area contributed by atoms with Crippen LogP contribution in [0, 0.1) is 5.92 Å². The molecule has 0 saturated carbocycles. The van der Waals surface area contributed by atoms with Gasteiger partial charge in [-0.15, -0.1) is 0 Å². The average Bonchev–Trinajstić information content (AvgIpc) is 2.53. The van der Waals surface area contributed by atoms with E-state index in [0.29, 0.717) is 6.61 Å². The number of hydrogen-bond donors (Lipinski definition) is 0. The quantitative estimate of drug-likeness (QED) is 0.456. The monoisotopic (exact) mass is 386 g/mol. The van der Waals surface area contributed by atoms with E-state index >= 15 is 0 Å². The summed E-state index contributed by atoms with van der Waals surface area (Å²) in [4.78, 5) is 0. The van der Waals surface area contributed by atoms with Crippen LogP contribution in [0.15, 0.2) is 11.8 Å². The van der Waals surface area contributed by atoms with Crippen molar-refractivity contribution in [2.45, 2.75) is 104 Å². The lowest BCUT2D eigenvalue weighted by Crippen LogP contribution is -2.46. The molecule has 0 amide bonds. The van der Waals surface area contributed by atoms with Gasteiger partial charge >= 0.3 is 0 Å². The normalized spacial score (nSPS) is 25.7. The predicted molar refractivity (Wildman–Crippen MR) is 113 cm³/mol. The molecule has 0 radical (unpaired) electrons. The molecular formula is C20H42O3Si2. The fourth-order valence-electron chi connectivity index (χ4n) is 3.03. The van der Waals surface area contributed by atoms with Gasteiger partial charge in [0.2, 0.25) is 8.32 Å². The molecule has 25 heavy (non-hydrogen) atoms. The van der Waals surface area contributed by atoms with Gasteiger partial charge in [0.25, 0.3) is 0 Å². The van der Waals surface area contributed by atoms with E-state index in [1.807, 2.05) is 0 Å². The molecule has 0 aliphatic carbocycles.